The lowest BCUT2D eigenvalue weighted by molar-refractivity contribution is 0.322. The third kappa shape index (κ3) is 2.41. The van der Waals surface area contributed by atoms with Crippen molar-refractivity contribution in [1.82, 2.24) is 14.9 Å². The number of imidazole rings is 1. The molecule has 3 nitrogen and oxygen atoms in total. The van der Waals surface area contributed by atoms with Crippen molar-refractivity contribution in [2.24, 2.45) is 5.92 Å². The average molecular weight is 305 g/mol. The number of nitrogens with zero attached hydrogens (tertiary/aromatic N) is 2. The number of halogens is 2. The average Bonchev–Trinajstić information content (AvgIpc) is 2.77. The summed E-state index contributed by atoms with van der Waals surface area (Å²) >= 11 is 0. The van der Waals surface area contributed by atoms with Gasteiger partial charge in [0.05, 0.1) is 11.0 Å². The molecule has 0 spiro atoms. The molecule has 2 fully saturated rings. The zero-order valence-electron chi connectivity index (χ0n) is 12.6. The number of hydrogen-bond acceptors (Lipinski definition) is 2. The zero-order valence-corrected chi connectivity index (χ0v) is 12.6. The first-order valence-corrected chi connectivity index (χ1v) is 8.28. The molecule has 0 radical (unpaired) electrons. The fraction of sp³-hybridized carbons (Fsp3) is 0.588. The van der Waals surface area contributed by atoms with E-state index >= 15 is 0 Å². The highest BCUT2D eigenvalue weighted by Crippen LogP contribution is 2.38. The van der Waals surface area contributed by atoms with Crippen molar-refractivity contribution in [3.8, 4) is 0 Å². The van der Waals surface area contributed by atoms with Gasteiger partial charge in [-0.25, -0.2) is 13.8 Å². The van der Waals surface area contributed by atoms with Crippen LogP contribution in [-0.2, 0) is 6.54 Å². The molecule has 2 aliphatic rings. The van der Waals surface area contributed by atoms with Gasteiger partial charge < -0.3 is 9.88 Å². The van der Waals surface area contributed by atoms with Gasteiger partial charge in [0.25, 0.3) is 0 Å². The van der Waals surface area contributed by atoms with Crippen molar-refractivity contribution in [1.29, 1.82) is 0 Å². The smallest absolute Gasteiger partial charge is 0.161 e. The summed E-state index contributed by atoms with van der Waals surface area (Å²) in [6.07, 6.45) is 5.86. The van der Waals surface area contributed by atoms with Crippen LogP contribution in [0.4, 0.5) is 8.78 Å². The van der Waals surface area contributed by atoms with Crippen LogP contribution in [0.2, 0.25) is 0 Å². The van der Waals surface area contributed by atoms with Crippen molar-refractivity contribution < 1.29 is 8.78 Å². The van der Waals surface area contributed by atoms with Gasteiger partial charge in [0.2, 0.25) is 0 Å². The number of fused-ring (bicyclic) bond motifs is 1. The molecule has 2 aromatic rings. The van der Waals surface area contributed by atoms with Crippen LogP contribution in [0.1, 0.15) is 43.8 Å². The first-order chi connectivity index (χ1) is 10.7. The van der Waals surface area contributed by atoms with E-state index in [1.807, 2.05) is 0 Å². The number of rotatable bonds is 3. The fourth-order valence-electron chi connectivity index (χ4n) is 3.65. The van der Waals surface area contributed by atoms with Crippen LogP contribution < -0.4 is 5.32 Å². The fourth-order valence-corrected chi connectivity index (χ4v) is 3.65. The van der Waals surface area contributed by atoms with Gasteiger partial charge in [-0.3, -0.25) is 0 Å². The minimum Gasteiger partial charge on any atom is -0.327 e. The first-order valence-electron chi connectivity index (χ1n) is 8.28. The Morgan fingerprint density at radius 2 is 1.95 bits per heavy atom. The lowest BCUT2D eigenvalue weighted by atomic mass is 9.84. The lowest BCUT2D eigenvalue weighted by Gasteiger charge is -2.28. The second-order valence-corrected chi connectivity index (χ2v) is 6.68. The number of nitrogens with one attached hydrogen (secondary N) is 1. The summed E-state index contributed by atoms with van der Waals surface area (Å²) in [5.74, 6) is 0.428. The van der Waals surface area contributed by atoms with Crippen LogP contribution in [0.3, 0.4) is 0 Å². The summed E-state index contributed by atoms with van der Waals surface area (Å²) in [5, 5.41) is 3.42. The Labute approximate surface area is 128 Å². The van der Waals surface area contributed by atoms with Crippen molar-refractivity contribution in [3.05, 3.63) is 29.6 Å². The molecule has 1 aliphatic heterocycles. The Balaban J connectivity index is 1.76. The van der Waals surface area contributed by atoms with Gasteiger partial charge >= 0.3 is 0 Å². The van der Waals surface area contributed by atoms with Gasteiger partial charge in [-0.1, -0.05) is 6.42 Å². The Kier molecular flexibility index (Phi) is 3.60. The largest absolute Gasteiger partial charge is 0.327 e. The predicted octanol–water partition coefficient (Wildman–Crippen LogP) is 3.58. The van der Waals surface area contributed by atoms with Crippen LogP contribution in [0.5, 0.6) is 0 Å². The van der Waals surface area contributed by atoms with Crippen LogP contribution in [0.15, 0.2) is 12.1 Å². The van der Waals surface area contributed by atoms with E-state index in [1.54, 1.807) is 0 Å². The molecular formula is C17H21F2N3. The van der Waals surface area contributed by atoms with E-state index in [1.165, 1.54) is 31.4 Å². The van der Waals surface area contributed by atoms with Gasteiger partial charge in [-0.05, 0) is 44.7 Å². The van der Waals surface area contributed by atoms with E-state index < -0.39 is 11.6 Å². The van der Waals surface area contributed by atoms with Crippen molar-refractivity contribution >= 4 is 11.0 Å². The number of piperidine rings is 1. The molecule has 1 N–H and O–H groups in total. The first kappa shape index (κ1) is 14.1. The Morgan fingerprint density at radius 1 is 1.14 bits per heavy atom. The Hall–Kier alpha value is -1.49. The number of aromatic nitrogens is 2. The number of hydrogen-bond donors (Lipinski definition) is 1. The van der Waals surface area contributed by atoms with E-state index in [-0.39, 0.29) is 0 Å². The van der Waals surface area contributed by atoms with Gasteiger partial charge in [0.15, 0.2) is 11.6 Å². The SMILES string of the molecule is Fc1cc2nc(C3CCC3)n(CC3CCCNC3)c2cc1F. The van der Waals surface area contributed by atoms with Crippen LogP contribution in [0, 0.1) is 17.6 Å². The quantitative estimate of drug-likeness (QED) is 0.939. The molecule has 1 unspecified atom stereocenters. The van der Waals surface area contributed by atoms with E-state index in [0.717, 1.165) is 43.8 Å². The minimum atomic E-state index is -0.809. The monoisotopic (exact) mass is 305 g/mol. The molecule has 1 aromatic carbocycles. The highest BCUT2D eigenvalue weighted by Gasteiger charge is 2.27. The van der Waals surface area contributed by atoms with E-state index in [2.05, 4.69) is 14.9 Å². The van der Waals surface area contributed by atoms with E-state index in [9.17, 15) is 8.78 Å². The van der Waals surface area contributed by atoms with Gasteiger partial charge in [-0.2, -0.15) is 0 Å². The van der Waals surface area contributed by atoms with Crippen molar-refractivity contribution in [2.45, 2.75) is 44.6 Å². The molecule has 0 amide bonds. The third-order valence-electron chi connectivity index (χ3n) is 5.13. The summed E-state index contributed by atoms with van der Waals surface area (Å²) in [6, 6.07) is 2.55. The van der Waals surface area contributed by atoms with Crippen LogP contribution >= 0.6 is 0 Å². The minimum absolute atomic E-state index is 0.454. The van der Waals surface area contributed by atoms with Crippen molar-refractivity contribution in [3.63, 3.8) is 0 Å². The maximum atomic E-state index is 13.7. The number of benzene rings is 1. The second kappa shape index (κ2) is 5.61. The molecule has 0 bridgehead atoms. The molecule has 4 rings (SSSR count). The third-order valence-corrected chi connectivity index (χ3v) is 5.13. The van der Waals surface area contributed by atoms with Crippen molar-refractivity contribution in [2.75, 3.05) is 13.1 Å². The van der Waals surface area contributed by atoms with Crippen LogP contribution in [-0.4, -0.2) is 22.6 Å². The molecule has 22 heavy (non-hydrogen) atoms. The summed E-state index contributed by atoms with van der Waals surface area (Å²) in [4.78, 5) is 4.64. The normalized spacial score (nSPS) is 22.9. The molecule has 5 heteroatoms. The molecule has 2 heterocycles. The summed E-state index contributed by atoms with van der Waals surface area (Å²) in [5.41, 5.74) is 1.33. The molecule has 1 aromatic heterocycles. The van der Waals surface area contributed by atoms with Gasteiger partial charge in [-0.15, -0.1) is 0 Å². The molecule has 1 saturated carbocycles. The summed E-state index contributed by atoms with van der Waals surface area (Å²) < 4.78 is 29.3. The molecular weight excluding hydrogens is 284 g/mol. The highest BCUT2D eigenvalue weighted by atomic mass is 19.2. The maximum absolute atomic E-state index is 13.7. The van der Waals surface area contributed by atoms with Gasteiger partial charge in [0, 0.05) is 24.6 Å². The molecule has 1 aliphatic carbocycles. The maximum Gasteiger partial charge on any atom is 0.161 e. The van der Waals surface area contributed by atoms with Gasteiger partial charge in [0.1, 0.15) is 5.82 Å². The zero-order chi connectivity index (χ0) is 15.1. The van der Waals surface area contributed by atoms with E-state index in [4.69, 9.17) is 0 Å². The second-order valence-electron chi connectivity index (χ2n) is 6.68. The topological polar surface area (TPSA) is 29.9 Å². The highest BCUT2D eigenvalue weighted by molar-refractivity contribution is 5.76. The molecule has 1 atom stereocenters. The lowest BCUT2D eigenvalue weighted by Crippen LogP contribution is -2.32. The van der Waals surface area contributed by atoms with Crippen LogP contribution in [0.25, 0.3) is 11.0 Å². The summed E-state index contributed by atoms with van der Waals surface area (Å²) in [6.45, 7) is 2.92. The molecule has 1 saturated heterocycles. The Bertz CT molecular complexity index is 685. The molecule has 118 valence electrons. The summed E-state index contributed by atoms with van der Waals surface area (Å²) in [7, 11) is 0. The van der Waals surface area contributed by atoms with E-state index in [0.29, 0.717) is 17.4 Å². The Morgan fingerprint density at radius 3 is 2.64 bits per heavy atom. The predicted molar refractivity (Wildman–Crippen MR) is 81.8 cm³/mol. The standard InChI is InChI=1S/C17H21F2N3/c18-13-7-15-16(8-14(13)19)22(10-11-3-2-6-20-9-11)17(21-15)12-4-1-5-12/h7-8,11-12,20H,1-6,9-10H2.